The lowest BCUT2D eigenvalue weighted by Crippen LogP contribution is -2.40. The summed E-state index contributed by atoms with van der Waals surface area (Å²) < 4.78 is 33.4. The van der Waals surface area contributed by atoms with Crippen LogP contribution < -0.4 is 14.8 Å². The van der Waals surface area contributed by atoms with Crippen molar-refractivity contribution in [2.45, 2.75) is 39.7 Å². The van der Waals surface area contributed by atoms with E-state index in [4.69, 9.17) is 21.3 Å². The molecule has 35 heavy (non-hydrogen) atoms. The van der Waals surface area contributed by atoms with E-state index < -0.39 is 10.0 Å². The molecule has 2 aromatic carbocycles. The number of piperidine rings is 1. The largest absolute Gasteiger partial charge is 0.490 e. The molecule has 0 spiro atoms. The molecule has 188 valence electrons. The van der Waals surface area contributed by atoms with Gasteiger partial charge in [-0.15, -0.1) is 0 Å². The first-order chi connectivity index (χ1) is 16.6. The minimum Gasteiger partial charge on any atom is -0.490 e. The molecule has 1 saturated heterocycles. The van der Waals surface area contributed by atoms with Gasteiger partial charge >= 0.3 is 0 Å². The number of likely N-dealkylation sites (tertiary alicyclic amines) is 1. The summed E-state index contributed by atoms with van der Waals surface area (Å²) in [7, 11) is -3.50. The standard InChI is InChI=1S/C26H35N5O3S/c1-4-35(32,33)31(18-19(2)16-21-6-5-7-22(17-21)26(28)29)23-8-10-24(11-9-23)34-25-12-14-30(15-13-25)20(3)27/h5-11,16-17,25,27H,4,12-15,18H2,1-3H3,(H3,28,29)/b19-16+,27-20?. The first kappa shape index (κ1) is 26.3. The number of sulfonamides is 1. The minimum absolute atomic E-state index is 0.00853. The van der Waals surface area contributed by atoms with E-state index in [2.05, 4.69) is 0 Å². The quantitative estimate of drug-likeness (QED) is 0.356. The van der Waals surface area contributed by atoms with E-state index in [0.29, 0.717) is 22.8 Å². The SMILES string of the molecule is CCS(=O)(=O)N(C/C(C)=C/c1cccc(C(=N)N)c1)c1ccc(OC2CCN(C(C)=N)CC2)cc1. The number of hydrogen-bond donors (Lipinski definition) is 3. The zero-order valence-corrected chi connectivity index (χ0v) is 21.4. The maximum absolute atomic E-state index is 12.9. The first-order valence-corrected chi connectivity index (χ1v) is 13.4. The lowest BCUT2D eigenvalue weighted by atomic mass is 10.1. The summed E-state index contributed by atoms with van der Waals surface area (Å²) in [5.74, 6) is 1.27. The Morgan fingerprint density at radius 3 is 2.37 bits per heavy atom. The van der Waals surface area contributed by atoms with Crippen LogP contribution in [-0.2, 0) is 10.0 Å². The second-order valence-corrected chi connectivity index (χ2v) is 11.0. The van der Waals surface area contributed by atoms with Crippen molar-refractivity contribution in [2.24, 2.45) is 5.73 Å². The molecule has 0 saturated carbocycles. The Labute approximate surface area is 208 Å². The fourth-order valence-electron chi connectivity index (χ4n) is 4.05. The van der Waals surface area contributed by atoms with E-state index in [9.17, 15) is 8.42 Å². The van der Waals surface area contributed by atoms with Crippen LogP contribution in [0, 0.1) is 10.8 Å². The van der Waals surface area contributed by atoms with Crippen LogP contribution in [0.25, 0.3) is 6.08 Å². The Morgan fingerprint density at radius 1 is 1.14 bits per heavy atom. The fraction of sp³-hybridized carbons (Fsp3) is 0.385. The summed E-state index contributed by atoms with van der Waals surface area (Å²) in [5.41, 5.74) is 8.51. The van der Waals surface area contributed by atoms with E-state index in [1.165, 1.54) is 4.31 Å². The van der Waals surface area contributed by atoms with Crippen molar-refractivity contribution < 1.29 is 13.2 Å². The van der Waals surface area contributed by atoms with Crippen molar-refractivity contribution in [3.63, 3.8) is 0 Å². The second kappa shape index (κ2) is 11.4. The Bertz CT molecular complexity index is 1180. The molecule has 1 fully saturated rings. The smallest absolute Gasteiger partial charge is 0.235 e. The van der Waals surface area contributed by atoms with Crippen LogP contribution in [0.2, 0.25) is 0 Å². The van der Waals surface area contributed by atoms with E-state index in [0.717, 1.165) is 37.1 Å². The number of hydrogen-bond acceptors (Lipinski definition) is 5. The maximum Gasteiger partial charge on any atom is 0.235 e. The molecule has 0 aromatic heterocycles. The van der Waals surface area contributed by atoms with Crippen molar-refractivity contribution in [3.8, 4) is 5.75 Å². The van der Waals surface area contributed by atoms with E-state index in [1.807, 2.05) is 48.2 Å². The summed E-state index contributed by atoms with van der Waals surface area (Å²) in [6.45, 7) is 7.15. The van der Waals surface area contributed by atoms with Gasteiger partial charge in [-0.2, -0.15) is 0 Å². The van der Waals surface area contributed by atoms with Crippen LogP contribution >= 0.6 is 0 Å². The zero-order chi connectivity index (χ0) is 25.6. The van der Waals surface area contributed by atoms with Gasteiger partial charge in [-0.3, -0.25) is 15.1 Å². The second-order valence-electron chi connectivity index (χ2n) is 8.82. The van der Waals surface area contributed by atoms with Gasteiger partial charge in [-0.25, -0.2) is 8.42 Å². The van der Waals surface area contributed by atoms with Crippen LogP contribution in [0.4, 0.5) is 5.69 Å². The highest BCUT2D eigenvalue weighted by atomic mass is 32.2. The summed E-state index contributed by atoms with van der Waals surface area (Å²) in [5, 5.41) is 15.4. The molecule has 0 aliphatic carbocycles. The average molecular weight is 498 g/mol. The maximum atomic E-state index is 12.9. The van der Waals surface area contributed by atoms with Gasteiger partial charge in [-0.1, -0.05) is 29.8 Å². The molecule has 0 radical (unpaired) electrons. The highest BCUT2D eigenvalue weighted by Crippen LogP contribution is 2.26. The molecule has 0 bridgehead atoms. The summed E-state index contributed by atoms with van der Waals surface area (Å²) >= 11 is 0. The number of ether oxygens (including phenoxy) is 1. The van der Waals surface area contributed by atoms with Gasteiger partial charge in [0.1, 0.15) is 17.7 Å². The number of nitrogens with two attached hydrogens (primary N) is 1. The minimum atomic E-state index is -3.50. The molecule has 1 aliphatic rings. The normalized spacial score (nSPS) is 15.1. The van der Waals surface area contributed by atoms with Crippen LogP contribution in [-0.4, -0.2) is 56.5 Å². The van der Waals surface area contributed by atoms with Gasteiger partial charge in [-0.05, 0) is 56.7 Å². The third kappa shape index (κ3) is 7.08. The van der Waals surface area contributed by atoms with Gasteiger partial charge < -0.3 is 15.4 Å². The first-order valence-electron chi connectivity index (χ1n) is 11.8. The molecule has 3 rings (SSSR count). The lowest BCUT2D eigenvalue weighted by Gasteiger charge is -2.33. The summed E-state index contributed by atoms with van der Waals surface area (Å²) in [6, 6.07) is 14.5. The van der Waals surface area contributed by atoms with E-state index in [-0.39, 0.29) is 24.2 Å². The molecule has 1 heterocycles. The number of benzene rings is 2. The number of nitrogens with one attached hydrogen (secondary N) is 2. The Morgan fingerprint density at radius 2 is 1.80 bits per heavy atom. The van der Waals surface area contributed by atoms with Crippen LogP contribution in [0.15, 0.2) is 54.1 Å². The third-order valence-electron chi connectivity index (χ3n) is 6.05. The number of anilines is 1. The van der Waals surface area contributed by atoms with Crippen LogP contribution in [0.5, 0.6) is 5.75 Å². The van der Waals surface area contributed by atoms with Crippen LogP contribution in [0.3, 0.4) is 0 Å². The van der Waals surface area contributed by atoms with Crippen molar-refractivity contribution in [1.82, 2.24) is 4.90 Å². The molecule has 9 heteroatoms. The molecular weight excluding hydrogens is 462 g/mol. The molecule has 0 unspecified atom stereocenters. The third-order valence-corrected chi connectivity index (χ3v) is 7.79. The van der Waals surface area contributed by atoms with E-state index >= 15 is 0 Å². The van der Waals surface area contributed by atoms with Crippen molar-refractivity contribution in [3.05, 3.63) is 65.2 Å². The molecule has 4 N–H and O–H groups in total. The van der Waals surface area contributed by atoms with Gasteiger partial charge in [0.05, 0.1) is 23.8 Å². The average Bonchev–Trinajstić information content (AvgIpc) is 2.83. The Balaban J connectivity index is 1.74. The van der Waals surface area contributed by atoms with Crippen molar-refractivity contribution >= 4 is 33.5 Å². The molecule has 8 nitrogen and oxygen atoms in total. The van der Waals surface area contributed by atoms with Crippen LogP contribution in [0.1, 0.15) is 44.7 Å². The van der Waals surface area contributed by atoms with Gasteiger partial charge in [0, 0.05) is 31.5 Å². The number of amidine groups is 2. The lowest BCUT2D eigenvalue weighted by molar-refractivity contribution is 0.130. The summed E-state index contributed by atoms with van der Waals surface area (Å²) in [4.78, 5) is 2.04. The predicted octanol–water partition coefficient (Wildman–Crippen LogP) is 4.07. The molecule has 2 aromatic rings. The molecule has 0 amide bonds. The molecule has 1 aliphatic heterocycles. The van der Waals surface area contributed by atoms with Gasteiger partial charge in [0.15, 0.2) is 0 Å². The Hall–Kier alpha value is -3.33. The Kier molecular flexibility index (Phi) is 8.56. The zero-order valence-electron chi connectivity index (χ0n) is 20.6. The number of nitrogens with zero attached hydrogens (tertiary/aromatic N) is 2. The highest BCUT2D eigenvalue weighted by molar-refractivity contribution is 7.92. The number of nitrogen functional groups attached to an aromatic ring is 1. The van der Waals surface area contributed by atoms with Crippen molar-refractivity contribution in [1.29, 1.82) is 10.8 Å². The van der Waals surface area contributed by atoms with Gasteiger partial charge in [0.2, 0.25) is 10.0 Å². The van der Waals surface area contributed by atoms with Gasteiger partial charge in [0.25, 0.3) is 0 Å². The fourth-order valence-corrected chi connectivity index (χ4v) is 5.21. The van der Waals surface area contributed by atoms with Crippen molar-refractivity contribution in [2.75, 3.05) is 29.7 Å². The highest BCUT2D eigenvalue weighted by Gasteiger charge is 2.23. The predicted molar refractivity (Wildman–Crippen MR) is 143 cm³/mol. The number of rotatable bonds is 9. The molecular formula is C26H35N5O3S. The summed E-state index contributed by atoms with van der Waals surface area (Å²) in [6.07, 6.45) is 3.69. The van der Waals surface area contributed by atoms with E-state index in [1.54, 1.807) is 32.0 Å². The monoisotopic (exact) mass is 497 g/mol. The topological polar surface area (TPSA) is 124 Å². The molecule has 0 atom stereocenters.